The minimum Gasteiger partial charge on any atom is -0.275 e. The summed E-state index contributed by atoms with van der Waals surface area (Å²) in [6, 6.07) is 10.2. The molecule has 0 saturated carbocycles. The van der Waals surface area contributed by atoms with Gasteiger partial charge in [-0.25, -0.2) is 0 Å². The molecule has 1 aliphatic heterocycles. The number of carbonyl (C=O) groups is 2. The van der Waals surface area contributed by atoms with Gasteiger partial charge in [-0.2, -0.15) is 0 Å². The van der Waals surface area contributed by atoms with E-state index in [9.17, 15) is 9.59 Å². The van der Waals surface area contributed by atoms with E-state index < -0.39 is 0 Å². The zero-order valence-electron chi connectivity index (χ0n) is 11.3. The van der Waals surface area contributed by atoms with Gasteiger partial charge >= 0.3 is 0 Å². The first-order chi connectivity index (χ1) is 9.74. The number of hydrogen-bond acceptors (Lipinski definition) is 2. The Morgan fingerprint density at radius 2 is 1.70 bits per heavy atom. The number of hydrogen-bond donors (Lipinski definition) is 0. The SMILES string of the molecule is O=C1C=CC(=O)N1CC(Cc1ccccc1)C1=CCC1. The van der Waals surface area contributed by atoms with Crippen LogP contribution < -0.4 is 0 Å². The molecule has 0 N–H and O–H groups in total. The van der Waals surface area contributed by atoms with E-state index in [0.29, 0.717) is 6.54 Å². The third-order valence-electron chi connectivity index (χ3n) is 3.99. The molecule has 0 aromatic heterocycles. The fraction of sp³-hybridized carbons (Fsp3) is 0.294. The summed E-state index contributed by atoms with van der Waals surface area (Å²) in [6.45, 7) is 0.491. The Kier molecular flexibility index (Phi) is 3.50. The van der Waals surface area contributed by atoms with Crippen molar-refractivity contribution in [3.8, 4) is 0 Å². The van der Waals surface area contributed by atoms with Gasteiger partial charge in [-0.3, -0.25) is 14.5 Å². The van der Waals surface area contributed by atoms with Crippen LogP contribution in [0.15, 0.2) is 54.1 Å². The average Bonchev–Trinajstić information content (AvgIpc) is 2.70. The maximum absolute atomic E-state index is 11.7. The van der Waals surface area contributed by atoms with E-state index >= 15 is 0 Å². The lowest BCUT2D eigenvalue weighted by Crippen LogP contribution is -2.36. The molecule has 1 aromatic rings. The molecule has 2 aliphatic rings. The van der Waals surface area contributed by atoms with Gasteiger partial charge in [0.25, 0.3) is 11.8 Å². The van der Waals surface area contributed by atoms with Crippen molar-refractivity contribution in [2.24, 2.45) is 5.92 Å². The van der Waals surface area contributed by atoms with E-state index in [1.165, 1.54) is 28.2 Å². The molecule has 1 aromatic carbocycles. The van der Waals surface area contributed by atoms with Crippen molar-refractivity contribution < 1.29 is 9.59 Å². The minimum absolute atomic E-state index is 0.187. The molecule has 0 saturated heterocycles. The molecular weight excluding hydrogens is 250 g/mol. The van der Waals surface area contributed by atoms with E-state index in [1.807, 2.05) is 18.2 Å². The van der Waals surface area contributed by atoms with Crippen molar-refractivity contribution in [2.75, 3.05) is 6.54 Å². The van der Waals surface area contributed by atoms with E-state index in [-0.39, 0.29) is 17.7 Å². The van der Waals surface area contributed by atoms with Crippen LogP contribution in [0.2, 0.25) is 0 Å². The molecule has 2 amide bonds. The van der Waals surface area contributed by atoms with Crippen LogP contribution in [0.25, 0.3) is 0 Å². The molecule has 1 unspecified atom stereocenters. The zero-order chi connectivity index (χ0) is 13.9. The van der Waals surface area contributed by atoms with Crippen LogP contribution in [0.1, 0.15) is 18.4 Å². The van der Waals surface area contributed by atoms with Crippen molar-refractivity contribution in [2.45, 2.75) is 19.3 Å². The first kappa shape index (κ1) is 12.9. The molecule has 102 valence electrons. The Hall–Kier alpha value is -2.16. The number of amides is 2. The number of nitrogens with zero attached hydrogens (tertiary/aromatic N) is 1. The predicted octanol–water partition coefficient (Wildman–Crippen LogP) is 2.49. The quantitative estimate of drug-likeness (QED) is 0.607. The number of benzene rings is 1. The summed E-state index contributed by atoms with van der Waals surface area (Å²) in [7, 11) is 0. The van der Waals surface area contributed by atoms with Gasteiger partial charge in [-0.15, -0.1) is 0 Å². The molecule has 1 heterocycles. The summed E-state index contributed by atoms with van der Waals surface area (Å²) in [5.41, 5.74) is 2.62. The number of imide groups is 1. The van der Waals surface area contributed by atoms with Gasteiger partial charge in [0.15, 0.2) is 0 Å². The summed E-state index contributed by atoms with van der Waals surface area (Å²) in [5, 5.41) is 0. The van der Waals surface area contributed by atoms with Crippen LogP contribution in [-0.2, 0) is 16.0 Å². The molecule has 3 rings (SSSR count). The van der Waals surface area contributed by atoms with Crippen LogP contribution in [0.3, 0.4) is 0 Å². The average molecular weight is 267 g/mol. The highest BCUT2D eigenvalue weighted by atomic mass is 16.2. The Morgan fingerprint density at radius 1 is 1.05 bits per heavy atom. The monoisotopic (exact) mass is 267 g/mol. The van der Waals surface area contributed by atoms with Gasteiger partial charge in [0.1, 0.15) is 0 Å². The molecule has 1 atom stereocenters. The first-order valence-corrected chi connectivity index (χ1v) is 7.00. The zero-order valence-corrected chi connectivity index (χ0v) is 11.3. The Balaban J connectivity index is 1.74. The largest absolute Gasteiger partial charge is 0.275 e. The summed E-state index contributed by atoms with van der Waals surface area (Å²) in [5.74, 6) is -0.125. The van der Waals surface area contributed by atoms with Crippen LogP contribution in [0.5, 0.6) is 0 Å². The lowest BCUT2D eigenvalue weighted by atomic mass is 9.83. The smallest absolute Gasteiger partial charge is 0.253 e. The maximum atomic E-state index is 11.7. The molecule has 3 nitrogen and oxygen atoms in total. The van der Waals surface area contributed by atoms with Crippen molar-refractivity contribution in [1.29, 1.82) is 0 Å². The highest BCUT2D eigenvalue weighted by molar-refractivity contribution is 6.12. The van der Waals surface area contributed by atoms with Gasteiger partial charge in [-0.1, -0.05) is 42.0 Å². The third-order valence-corrected chi connectivity index (χ3v) is 3.99. The van der Waals surface area contributed by atoms with Crippen molar-refractivity contribution in [3.05, 3.63) is 59.7 Å². The number of carbonyl (C=O) groups excluding carboxylic acids is 2. The normalized spacial score (nSPS) is 19.0. The van der Waals surface area contributed by atoms with Crippen LogP contribution in [0, 0.1) is 5.92 Å². The number of rotatable bonds is 5. The van der Waals surface area contributed by atoms with Gasteiger partial charge in [0, 0.05) is 24.6 Å². The Bertz CT molecular complexity index is 568. The van der Waals surface area contributed by atoms with Gasteiger partial charge in [0.05, 0.1) is 0 Å². The molecule has 1 aliphatic carbocycles. The van der Waals surface area contributed by atoms with Gasteiger partial charge < -0.3 is 0 Å². The standard InChI is InChI=1S/C17H17NO2/c19-16-9-10-17(20)18(16)12-15(14-7-4-8-14)11-13-5-2-1-3-6-13/h1-3,5-7,9-10,15H,4,8,11-12H2. The number of allylic oxidation sites excluding steroid dienone is 1. The molecular formula is C17H17NO2. The Labute approximate surface area is 118 Å². The summed E-state index contributed by atoms with van der Waals surface area (Å²) >= 11 is 0. The highest BCUT2D eigenvalue weighted by Crippen LogP contribution is 2.30. The molecule has 0 spiro atoms. The van der Waals surface area contributed by atoms with Crippen molar-refractivity contribution in [3.63, 3.8) is 0 Å². The van der Waals surface area contributed by atoms with Crippen LogP contribution >= 0.6 is 0 Å². The van der Waals surface area contributed by atoms with E-state index in [4.69, 9.17) is 0 Å². The maximum Gasteiger partial charge on any atom is 0.253 e. The van der Waals surface area contributed by atoms with Gasteiger partial charge in [0.2, 0.25) is 0 Å². The second-order valence-corrected chi connectivity index (χ2v) is 5.32. The summed E-state index contributed by atoms with van der Waals surface area (Å²) in [6.07, 6.45) is 8.02. The van der Waals surface area contributed by atoms with Crippen molar-refractivity contribution >= 4 is 11.8 Å². The first-order valence-electron chi connectivity index (χ1n) is 7.00. The second kappa shape index (κ2) is 5.45. The third kappa shape index (κ3) is 2.57. The lowest BCUT2D eigenvalue weighted by molar-refractivity contribution is -0.137. The van der Waals surface area contributed by atoms with E-state index in [0.717, 1.165) is 19.3 Å². The molecule has 20 heavy (non-hydrogen) atoms. The molecule has 0 bridgehead atoms. The molecule has 3 heteroatoms. The predicted molar refractivity (Wildman–Crippen MR) is 76.8 cm³/mol. The summed E-state index contributed by atoms with van der Waals surface area (Å²) < 4.78 is 0. The Morgan fingerprint density at radius 3 is 2.25 bits per heavy atom. The molecule has 0 radical (unpaired) electrons. The lowest BCUT2D eigenvalue weighted by Gasteiger charge is -2.28. The van der Waals surface area contributed by atoms with Crippen molar-refractivity contribution in [1.82, 2.24) is 4.90 Å². The highest BCUT2D eigenvalue weighted by Gasteiger charge is 2.29. The van der Waals surface area contributed by atoms with E-state index in [2.05, 4.69) is 18.2 Å². The van der Waals surface area contributed by atoms with E-state index in [1.54, 1.807) is 0 Å². The topological polar surface area (TPSA) is 37.4 Å². The minimum atomic E-state index is -0.187. The van der Waals surface area contributed by atoms with Gasteiger partial charge in [-0.05, 0) is 24.8 Å². The summed E-state index contributed by atoms with van der Waals surface area (Å²) in [4.78, 5) is 24.8. The molecule has 0 fully saturated rings. The fourth-order valence-corrected chi connectivity index (χ4v) is 2.72. The fourth-order valence-electron chi connectivity index (χ4n) is 2.72. The van der Waals surface area contributed by atoms with Crippen LogP contribution in [-0.4, -0.2) is 23.3 Å². The van der Waals surface area contributed by atoms with Crippen LogP contribution in [0.4, 0.5) is 0 Å². The second-order valence-electron chi connectivity index (χ2n) is 5.32.